The normalized spacial score (nSPS) is 41.8. The van der Waals surface area contributed by atoms with Crippen molar-refractivity contribution in [3.8, 4) is 0 Å². The fourth-order valence-electron chi connectivity index (χ4n) is 2.64. The zero-order valence-electron chi connectivity index (χ0n) is 8.25. The van der Waals surface area contributed by atoms with E-state index in [4.69, 9.17) is 4.74 Å². The molecule has 0 radical (unpaired) electrons. The second-order valence-electron chi connectivity index (χ2n) is 4.79. The highest BCUT2D eigenvalue weighted by molar-refractivity contribution is 4.83. The summed E-state index contributed by atoms with van der Waals surface area (Å²) in [6.45, 7) is 4.71. The van der Waals surface area contributed by atoms with Crippen LogP contribution in [-0.2, 0) is 4.74 Å². The minimum absolute atomic E-state index is 0.616. The van der Waals surface area contributed by atoms with Crippen molar-refractivity contribution in [2.75, 3.05) is 0 Å². The fourth-order valence-corrected chi connectivity index (χ4v) is 2.64. The van der Waals surface area contributed by atoms with Crippen molar-refractivity contribution >= 4 is 0 Å². The molecule has 1 nitrogen and oxygen atoms in total. The van der Waals surface area contributed by atoms with Gasteiger partial charge < -0.3 is 4.74 Å². The van der Waals surface area contributed by atoms with Crippen LogP contribution in [-0.4, -0.2) is 12.2 Å². The maximum atomic E-state index is 5.90. The quantitative estimate of drug-likeness (QED) is 0.585. The molecule has 2 aliphatic rings. The molecule has 2 bridgehead atoms. The number of rotatable bonds is 1. The molecule has 70 valence electrons. The molecule has 0 amide bonds. The Hall–Kier alpha value is -0.0400. The van der Waals surface area contributed by atoms with Gasteiger partial charge in [0.25, 0.3) is 0 Å². The van der Waals surface area contributed by atoms with Crippen molar-refractivity contribution in [3.05, 3.63) is 0 Å². The van der Waals surface area contributed by atoms with Gasteiger partial charge in [0.15, 0.2) is 0 Å². The predicted molar refractivity (Wildman–Crippen MR) is 50.1 cm³/mol. The van der Waals surface area contributed by atoms with Crippen LogP contribution in [0.25, 0.3) is 0 Å². The van der Waals surface area contributed by atoms with E-state index in [2.05, 4.69) is 13.8 Å². The van der Waals surface area contributed by atoms with Crippen LogP contribution >= 0.6 is 0 Å². The van der Waals surface area contributed by atoms with Crippen molar-refractivity contribution in [3.63, 3.8) is 0 Å². The lowest BCUT2D eigenvalue weighted by Crippen LogP contribution is -2.38. The van der Waals surface area contributed by atoms with Gasteiger partial charge >= 0.3 is 0 Å². The molecule has 2 rings (SSSR count). The second kappa shape index (κ2) is 3.37. The summed E-state index contributed by atoms with van der Waals surface area (Å²) in [6, 6.07) is 0. The minimum Gasteiger partial charge on any atom is -0.375 e. The molecule has 1 heteroatoms. The number of fused-ring (bicyclic) bond motifs is 2. The fraction of sp³-hybridized carbons (Fsp3) is 1.00. The van der Waals surface area contributed by atoms with Gasteiger partial charge in [-0.1, -0.05) is 13.8 Å². The van der Waals surface area contributed by atoms with Crippen LogP contribution in [0.5, 0.6) is 0 Å². The molecule has 0 spiro atoms. The molecule has 2 unspecified atom stereocenters. The molecule has 0 aromatic carbocycles. The highest BCUT2D eigenvalue weighted by Crippen LogP contribution is 2.37. The zero-order valence-corrected chi connectivity index (χ0v) is 8.25. The number of hydrogen-bond donors (Lipinski definition) is 0. The Morgan fingerprint density at radius 3 is 2.17 bits per heavy atom. The van der Waals surface area contributed by atoms with Crippen LogP contribution < -0.4 is 0 Å². The molecule has 2 saturated heterocycles. The monoisotopic (exact) mass is 168 g/mol. The van der Waals surface area contributed by atoms with Crippen molar-refractivity contribution in [2.45, 2.75) is 58.2 Å². The van der Waals surface area contributed by atoms with E-state index in [-0.39, 0.29) is 0 Å². The highest BCUT2D eigenvalue weighted by Gasteiger charge is 2.33. The maximum absolute atomic E-state index is 5.90. The van der Waals surface area contributed by atoms with Crippen LogP contribution in [0.2, 0.25) is 0 Å². The first-order valence-electron chi connectivity index (χ1n) is 5.41. The molecule has 2 aliphatic heterocycles. The second-order valence-corrected chi connectivity index (χ2v) is 4.79. The van der Waals surface area contributed by atoms with Gasteiger partial charge in [-0.25, -0.2) is 0 Å². The average molecular weight is 168 g/mol. The lowest BCUT2D eigenvalue weighted by Gasteiger charge is -2.40. The highest BCUT2D eigenvalue weighted by atomic mass is 16.5. The van der Waals surface area contributed by atoms with E-state index in [1.165, 1.54) is 32.1 Å². The SMILES string of the molecule is CC(C)C1CC2CCCC(C1)O2. The molecule has 2 atom stereocenters. The molecule has 0 aliphatic carbocycles. The topological polar surface area (TPSA) is 9.23 Å². The third-order valence-electron chi connectivity index (χ3n) is 3.51. The van der Waals surface area contributed by atoms with Crippen molar-refractivity contribution in [1.82, 2.24) is 0 Å². The van der Waals surface area contributed by atoms with E-state index in [1.54, 1.807) is 0 Å². The summed E-state index contributed by atoms with van der Waals surface area (Å²) in [5.41, 5.74) is 0. The molecule has 0 saturated carbocycles. The van der Waals surface area contributed by atoms with Gasteiger partial charge in [0.1, 0.15) is 0 Å². The molecular weight excluding hydrogens is 148 g/mol. The van der Waals surface area contributed by atoms with Gasteiger partial charge in [-0.05, 0) is 43.9 Å². The van der Waals surface area contributed by atoms with Crippen LogP contribution in [0.1, 0.15) is 46.0 Å². The van der Waals surface area contributed by atoms with Crippen LogP contribution in [0.3, 0.4) is 0 Å². The molecule has 12 heavy (non-hydrogen) atoms. The van der Waals surface area contributed by atoms with Gasteiger partial charge in [-0.3, -0.25) is 0 Å². The first-order chi connectivity index (χ1) is 5.75. The summed E-state index contributed by atoms with van der Waals surface area (Å²) in [4.78, 5) is 0. The van der Waals surface area contributed by atoms with E-state index >= 15 is 0 Å². The Labute approximate surface area is 75.5 Å². The van der Waals surface area contributed by atoms with E-state index in [1.807, 2.05) is 0 Å². The van der Waals surface area contributed by atoms with Gasteiger partial charge in [0, 0.05) is 0 Å². The Kier molecular flexibility index (Phi) is 2.40. The van der Waals surface area contributed by atoms with Crippen molar-refractivity contribution in [1.29, 1.82) is 0 Å². The third-order valence-corrected chi connectivity index (χ3v) is 3.51. The standard InChI is InChI=1S/C11H20O/c1-8(2)9-6-10-4-3-5-11(7-9)12-10/h8-11H,3-7H2,1-2H3. The Morgan fingerprint density at radius 2 is 1.67 bits per heavy atom. The number of hydrogen-bond acceptors (Lipinski definition) is 1. The molecule has 2 heterocycles. The van der Waals surface area contributed by atoms with E-state index in [0.29, 0.717) is 12.2 Å². The predicted octanol–water partition coefficient (Wildman–Crippen LogP) is 2.99. The van der Waals surface area contributed by atoms with Crippen LogP contribution in [0.15, 0.2) is 0 Å². The Balaban J connectivity index is 1.96. The maximum Gasteiger partial charge on any atom is 0.0581 e. The van der Waals surface area contributed by atoms with Gasteiger partial charge in [0.2, 0.25) is 0 Å². The summed E-state index contributed by atoms with van der Waals surface area (Å²) < 4.78 is 5.90. The lowest BCUT2D eigenvalue weighted by atomic mass is 9.79. The summed E-state index contributed by atoms with van der Waals surface area (Å²) >= 11 is 0. The minimum atomic E-state index is 0.616. The summed E-state index contributed by atoms with van der Waals surface area (Å²) in [5.74, 6) is 1.80. The molecule has 2 fully saturated rings. The van der Waals surface area contributed by atoms with Crippen LogP contribution in [0.4, 0.5) is 0 Å². The summed E-state index contributed by atoms with van der Waals surface area (Å²) in [6.07, 6.45) is 7.93. The molecule has 0 N–H and O–H groups in total. The Bertz CT molecular complexity index is 141. The van der Waals surface area contributed by atoms with Crippen molar-refractivity contribution < 1.29 is 4.74 Å². The first-order valence-corrected chi connectivity index (χ1v) is 5.41. The van der Waals surface area contributed by atoms with E-state index in [0.717, 1.165) is 11.8 Å². The summed E-state index contributed by atoms with van der Waals surface area (Å²) in [5, 5.41) is 0. The third kappa shape index (κ3) is 1.66. The zero-order chi connectivity index (χ0) is 8.55. The Morgan fingerprint density at radius 1 is 1.08 bits per heavy atom. The average Bonchev–Trinajstić information content (AvgIpc) is 2.03. The molecule has 0 aromatic rings. The lowest BCUT2D eigenvalue weighted by molar-refractivity contribution is -0.108. The summed E-state index contributed by atoms with van der Waals surface area (Å²) in [7, 11) is 0. The van der Waals surface area contributed by atoms with Crippen molar-refractivity contribution in [2.24, 2.45) is 11.8 Å². The van der Waals surface area contributed by atoms with Gasteiger partial charge in [-0.2, -0.15) is 0 Å². The van der Waals surface area contributed by atoms with Crippen LogP contribution in [0, 0.1) is 11.8 Å². The van der Waals surface area contributed by atoms with E-state index < -0.39 is 0 Å². The molecular formula is C11H20O. The number of ether oxygens (including phenoxy) is 1. The van der Waals surface area contributed by atoms with E-state index in [9.17, 15) is 0 Å². The molecule has 0 aromatic heterocycles. The largest absolute Gasteiger partial charge is 0.375 e. The van der Waals surface area contributed by atoms with Gasteiger partial charge in [0.05, 0.1) is 12.2 Å². The first kappa shape index (κ1) is 8.55. The van der Waals surface area contributed by atoms with Gasteiger partial charge in [-0.15, -0.1) is 0 Å². The smallest absolute Gasteiger partial charge is 0.0581 e.